The Hall–Kier alpha value is -13.4. The van der Waals surface area contributed by atoms with Gasteiger partial charge in [-0.3, -0.25) is 95.9 Å². The highest BCUT2D eigenvalue weighted by molar-refractivity contribution is 7.99. The van der Waals surface area contributed by atoms with Crippen molar-refractivity contribution < 1.29 is 121 Å². The third-order valence-corrected chi connectivity index (χ3v) is 23.8. The number of nitrogens with one attached hydrogen (secondary N) is 14. The van der Waals surface area contributed by atoms with Crippen LogP contribution in [0.4, 0.5) is 0 Å². The van der Waals surface area contributed by atoms with Gasteiger partial charge in [-0.15, -0.1) is 0 Å². The highest BCUT2D eigenvalue weighted by Gasteiger charge is 2.42. The number of amides is 16. The largest absolute Gasteiger partial charge is 0.508 e. The summed E-state index contributed by atoms with van der Waals surface area (Å²) in [6, 6.07) is 3.06. The van der Waals surface area contributed by atoms with Crippen LogP contribution in [0.2, 0.25) is 0 Å². The van der Waals surface area contributed by atoms with Crippen LogP contribution in [0.1, 0.15) is 120 Å². The minimum atomic E-state index is -2.22. The molecular formula is C86H109N17O25S3. The summed E-state index contributed by atoms with van der Waals surface area (Å²) >= 11 is 3.06. The first-order valence-electron chi connectivity index (χ1n) is 41.4. The van der Waals surface area contributed by atoms with E-state index in [1.165, 1.54) is 71.0 Å². The summed E-state index contributed by atoms with van der Waals surface area (Å²) in [7, 11) is 0. The molecule has 131 heavy (non-hydrogen) atoms. The maximum absolute atomic E-state index is 15.3. The molecule has 25 N–H and O–H groups in total. The fourth-order valence-corrected chi connectivity index (χ4v) is 16.5. The number of benzene rings is 5. The van der Waals surface area contributed by atoms with Crippen molar-refractivity contribution >= 4 is 164 Å². The van der Waals surface area contributed by atoms with Gasteiger partial charge in [-0.05, 0) is 95.3 Å². The topological polar surface area (TPSA) is 689 Å². The minimum Gasteiger partial charge on any atom is -0.508 e. The molecular weight excluding hydrogens is 1770 g/mol. The van der Waals surface area contributed by atoms with Gasteiger partial charge >= 0.3 is 23.9 Å². The molecule has 0 aromatic heterocycles. The number of hydrogen-bond acceptors (Lipinski definition) is 25. The normalized spacial score (nSPS) is 24.0. The summed E-state index contributed by atoms with van der Waals surface area (Å²) in [6.07, 6.45) is -8.01. The van der Waals surface area contributed by atoms with Crippen LogP contribution in [0.3, 0.4) is 0 Å². The number of aromatic hydroxyl groups is 1. The second-order valence-corrected chi connectivity index (χ2v) is 35.6. The summed E-state index contributed by atoms with van der Waals surface area (Å²) < 4.78 is 0. The van der Waals surface area contributed by atoms with Crippen molar-refractivity contribution in [3.8, 4) is 5.75 Å². The molecule has 0 saturated carbocycles. The molecule has 15 atom stereocenters. The minimum absolute atomic E-state index is 0.0116. The van der Waals surface area contributed by atoms with Gasteiger partial charge in [0.2, 0.25) is 94.5 Å². The van der Waals surface area contributed by atoms with Crippen molar-refractivity contribution in [3.63, 3.8) is 0 Å². The molecule has 0 saturated heterocycles. The molecule has 45 heteroatoms. The standard InChI is InChI=1S/C86H109N17O25S3/c1-42(87)72(115)101-63-40-130-37-48-27-47-28-49(29-48)38-131-41-64(102-74(117)44(3)90-77(120)58(32-51-17-12-16-50-15-10-11-18-53(50)51)97-75(118)54(23-25-66(106)107)92-80(123)59(33-65(88)105)94-73(116)43(2)91-83(63)126)84(127)93-55(24-26-67(108)109)76(119)98-60(34-68(110)111)81(124)96-56(30-45-13-8-7-9-14-45)78(121)95-57(31-46-19-21-52(104)22-20-46)79(122)99-61(35-69(112)113)82(125)103-70(86(4,5)6)85(128)100-62(71(89)114)39-129-36-47/h7-22,27-29,42-44,54-64,70,104H,23-26,30-41,87H2,1-6H3,(H2,88,105)(H2,89,114)(H,90,120)(H,91,126)(H,92,123)(H,93,127)(H,94,116)(H,95,121)(H,96,124)(H,97,118)(H,98,119)(H,99,122)(H,100,128)(H,101,115)(H,102,117)(H,103,125)(H,106,107)(H,108,109)(H,110,111)(H,112,113)/t42-,43+,44+,54-,55-,56-,57-,58-,59-,60-,61-,62-,63-,64+,70+/m0/s1. The molecule has 2 aliphatic rings. The lowest BCUT2D eigenvalue weighted by molar-refractivity contribution is -0.142. The Morgan fingerprint density at radius 1 is 0.420 bits per heavy atom. The SMILES string of the molecule is C[C@H](N)C(=O)N[C@H]1CSCc2cc3cc(c2)CSC[C@@H](NC(=O)[C@@H](C)NC(=O)[C@H](Cc2cccc4ccccc24)NC(=O)[C@H](CCC(=O)O)NC(=O)[C@H](CC(N)=O)NC(=O)[C@@H](C)NC1=O)C(=O)N[C@@H](CCC(=O)O)C(=O)N[C@@H](CC(=O)O)C(=O)N[C@@H](Cc1ccccc1)C(=O)N[C@@H](Cc1ccc(O)cc1)C(=O)N[C@@H](CC(=O)O)C(=O)N[C@@H](C(C)(C)C)C(=O)N[C@H](C(N)=O)CSC3. The van der Waals surface area contributed by atoms with E-state index in [0.29, 0.717) is 38.6 Å². The maximum atomic E-state index is 15.3. The van der Waals surface area contributed by atoms with E-state index in [9.17, 15) is 107 Å². The van der Waals surface area contributed by atoms with Gasteiger partial charge in [0.1, 0.15) is 90.3 Å². The molecule has 0 spiro atoms. The molecule has 0 aliphatic carbocycles. The Bertz CT molecular complexity index is 5060. The van der Waals surface area contributed by atoms with Crippen LogP contribution in [0, 0.1) is 5.41 Å². The summed E-state index contributed by atoms with van der Waals surface area (Å²) in [6.45, 7) is 8.18. The summed E-state index contributed by atoms with van der Waals surface area (Å²) in [5.41, 5.74) is 18.6. The maximum Gasteiger partial charge on any atom is 0.305 e. The highest BCUT2D eigenvalue weighted by Crippen LogP contribution is 2.27. The molecule has 0 radical (unpaired) electrons. The number of thioether (sulfide) groups is 3. The number of hydrogen-bond donors (Lipinski definition) is 22. The molecule has 2 aliphatic heterocycles. The average Bonchev–Trinajstić information content (AvgIpc) is 0.846. The smallest absolute Gasteiger partial charge is 0.305 e. The van der Waals surface area contributed by atoms with E-state index in [-0.39, 0.29) is 40.1 Å². The molecule has 16 amide bonds. The van der Waals surface area contributed by atoms with Crippen molar-refractivity contribution in [1.82, 2.24) is 74.4 Å². The van der Waals surface area contributed by atoms with E-state index in [1.807, 2.05) is 0 Å². The van der Waals surface area contributed by atoms with Gasteiger partial charge in [0.15, 0.2) is 0 Å². The van der Waals surface area contributed by atoms with E-state index in [2.05, 4.69) is 74.4 Å². The Morgan fingerprint density at radius 3 is 1.32 bits per heavy atom. The van der Waals surface area contributed by atoms with E-state index in [0.717, 1.165) is 42.2 Å². The fourth-order valence-electron chi connectivity index (χ4n) is 13.6. The lowest BCUT2D eigenvalue weighted by atomic mass is 9.85. The highest BCUT2D eigenvalue weighted by atomic mass is 32.2. The zero-order valence-electron chi connectivity index (χ0n) is 72.3. The number of nitrogens with two attached hydrogens (primary N) is 3. The third-order valence-electron chi connectivity index (χ3n) is 20.5. The zero-order chi connectivity index (χ0) is 96.7. The molecule has 5 aromatic rings. The number of rotatable bonds is 21. The molecule has 7 rings (SSSR count). The quantitative estimate of drug-likeness (QED) is 0.0354. The summed E-state index contributed by atoms with van der Waals surface area (Å²) in [5, 5.41) is 86.3. The van der Waals surface area contributed by atoms with Crippen LogP contribution >= 0.6 is 35.3 Å². The number of carboxylic acid groups (broad SMARTS) is 4. The van der Waals surface area contributed by atoms with Gasteiger partial charge in [0.05, 0.1) is 25.3 Å². The van der Waals surface area contributed by atoms with Crippen molar-refractivity contribution in [1.29, 1.82) is 0 Å². The number of aliphatic carboxylic acids is 4. The van der Waals surface area contributed by atoms with E-state index in [1.54, 1.807) is 78.9 Å². The lowest BCUT2D eigenvalue weighted by Crippen LogP contribution is -2.62. The Balaban J connectivity index is 1.40. The molecule has 5 aromatic carbocycles. The number of fused-ring (bicyclic) bond motifs is 6. The van der Waals surface area contributed by atoms with Crippen LogP contribution < -0.4 is 91.6 Å². The number of phenolic OH excluding ortho intramolecular Hbond substituents is 1. The van der Waals surface area contributed by atoms with Crippen molar-refractivity contribution in [3.05, 3.63) is 149 Å². The lowest BCUT2D eigenvalue weighted by Gasteiger charge is -2.33. The second kappa shape index (κ2) is 49.9. The summed E-state index contributed by atoms with van der Waals surface area (Å²) in [5.74, 6) is -26.6. The van der Waals surface area contributed by atoms with Gasteiger partial charge in [-0.1, -0.05) is 124 Å². The predicted molar refractivity (Wildman–Crippen MR) is 477 cm³/mol. The van der Waals surface area contributed by atoms with Gasteiger partial charge < -0.3 is 117 Å². The molecule has 0 unspecified atom stereocenters. The predicted octanol–water partition coefficient (Wildman–Crippen LogP) is -2.74. The number of primary amides is 2. The number of carbonyl (C=O) groups is 20. The Morgan fingerprint density at radius 2 is 0.824 bits per heavy atom. The van der Waals surface area contributed by atoms with Crippen LogP contribution in [0.25, 0.3) is 10.8 Å². The monoisotopic (exact) mass is 1880 g/mol. The second-order valence-electron chi connectivity index (χ2n) is 32.5. The first-order valence-corrected chi connectivity index (χ1v) is 44.9. The molecule has 2 heterocycles. The van der Waals surface area contributed by atoms with Crippen LogP contribution in [-0.4, -0.2) is 252 Å². The van der Waals surface area contributed by atoms with Gasteiger partial charge in [-0.25, -0.2) is 0 Å². The van der Waals surface area contributed by atoms with Crippen LogP contribution in [0.5, 0.6) is 5.75 Å². The number of carbonyl (C=O) groups excluding carboxylic acids is 16. The van der Waals surface area contributed by atoms with Gasteiger partial charge in [0.25, 0.3) is 0 Å². The molecule has 42 nitrogen and oxygen atoms in total. The number of phenols is 1. The van der Waals surface area contributed by atoms with Crippen LogP contribution in [-0.2, 0) is 132 Å². The third kappa shape index (κ3) is 34.2. The first kappa shape index (κ1) is 105. The van der Waals surface area contributed by atoms with Crippen molar-refractivity contribution in [2.45, 2.75) is 214 Å². The average molecular weight is 1880 g/mol. The van der Waals surface area contributed by atoms with Crippen molar-refractivity contribution in [2.75, 3.05) is 17.3 Å². The van der Waals surface area contributed by atoms with Crippen LogP contribution in [0.15, 0.2) is 115 Å². The molecule has 706 valence electrons. The molecule has 0 fully saturated rings. The first-order chi connectivity index (χ1) is 61.8. The van der Waals surface area contributed by atoms with E-state index < -0.39 is 284 Å². The van der Waals surface area contributed by atoms with Crippen molar-refractivity contribution in [2.24, 2.45) is 22.6 Å². The Kier molecular flexibility index (Phi) is 39.9. The Labute approximate surface area is 764 Å². The van der Waals surface area contributed by atoms with E-state index >= 15 is 14.4 Å². The zero-order valence-corrected chi connectivity index (χ0v) is 74.8. The van der Waals surface area contributed by atoms with Gasteiger partial charge in [-0.2, -0.15) is 35.3 Å². The number of carboxylic acids is 4. The molecule has 4 bridgehead atoms. The van der Waals surface area contributed by atoms with Gasteiger partial charge in [0, 0.05) is 66.6 Å². The fraction of sp³-hybridized carbons (Fsp3) is 0.442. The summed E-state index contributed by atoms with van der Waals surface area (Å²) in [4.78, 5) is 282. The van der Waals surface area contributed by atoms with E-state index in [4.69, 9.17) is 17.2 Å².